The van der Waals surface area contributed by atoms with Gasteiger partial charge in [0, 0.05) is 11.4 Å². The van der Waals surface area contributed by atoms with Gasteiger partial charge in [-0.05, 0) is 17.7 Å². The lowest BCUT2D eigenvalue weighted by molar-refractivity contribution is -0.0500. The Morgan fingerprint density at radius 1 is 1.25 bits per heavy atom. The van der Waals surface area contributed by atoms with E-state index in [1.54, 1.807) is 0 Å². The molecule has 0 aromatic heterocycles. The van der Waals surface area contributed by atoms with Crippen molar-refractivity contribution in [3.05, 3.63) is 27.7 Å². The molecule has 0 fully saturated rings. The minimum Gasteiger partial charge on any atom is -0.433 e. The van der Waals surface area contributed by atoms with Crippen LogP contribution in [0.25, 0.3) is 0 Å². The first-order valence-corrected chi connectivity index (χ1v) is 4.95. The van der Waals surface area contributed by atoms with Crippen molar-refractivity contribution in [1.82, 2.24) is 0 Å². The molecular weight excluding hydrogens is 265 g/mol. The van der Waals surface area contributed by atoms with Crippen LogP contribution in [0.3, 0.4) is 0 Å². The van der Waals surface area contributed by atoms with Gasteiger partial charge in [-0.15, -0.1) is 0 Å². The molecule has 16 heavy (non-hydrogen) atoms. The van der Waals surface area contributed by atoms with Gasteiger partial charge in [0.15, 0.2) is 6.29 Å². The highest BCUT2D eigenvalue weighted by atomic mass is 35.5. The number of aliphatic hydroxyl groups is 2. The standard InChI is InChI=1S/C9H8Cl2F2O3/c10-5-1-2-6(16-9(12)13)8(11)4(5)3-7(14)15/h1-2,7,9,14-15H,3H2. The van der Waals surface area contributed by atoms with Gasteiger partial charge in [0.25, 0.3) is 0 Å². The Hall–Kier alpha value is -0.620. The largest absolute Gasteiger partial charge is 0.433 e. The average molecular weight is 273 g/mol. The van der Waals surface area contributed by atoms with E-state index < -0.39 is 12.9 Å². The molecule has 90 valence electrons. The number of hydrogen-bond acceptors (Lipinski definition) is 3. The summed E-state index contributed by atoms with van der Waals surface area (Å²) in [5.41, 5.74) is 0.150. The Morgan fingerprint density at radius 3 is 2.38 bits per heavy atom. The number of benzene rings is 1. The molecular formula is C9H8Cl2F2O3. The van der Waals surface area contributed by atoms with Crippen molar-refractivity contribution < 1.29 is 23.7 Å². The maximum absolute atomic E-state index is 12.0. The molecule has 0 heterocycles. The van der Waals surface area contributed by atoms with Crippen LogP contribution in [-0.2, 0) is 6.42 Å². The molecule has 0 amide bonds. The van der Waals surface area contributed by atoms with Gasteiger partial charge in [0.1, 0.15) is 5.75 Å². The van der Waals surface area contributed by atoms with E-state index in [0.717, 1.165) is 0 Å². The first-order chi connectivity index (χ1) is 7.41. The molecule has 0 saturated carbocycles. The zero-order valence-corrected chi connectivity index (χ0v) is 9.34. The van der Waals surface area contributed by atoms with Crippen molar-refractivity contribution in [3.63, 3.8) is 0 Å². The highest BCUT2D eigenvalue weighted by molar-refractivity contribution is 6.36. The lowest BCUT2D eigenvalue weighted by Crippen LogP contribution is -2.10. The smallest absolute Gasteiger partial charge is 0.387 e. The third kappa shape index (κ3) is 3.45. The molecule has 7 heteroatoms. The highest BCUT2D eigenvalue weighted by Crippen LogP contribution is 2.34. The van der Waals surface area contributed by atoms with Crippen molar-refractivity contribution in [2.24, 2.45) is 0 Å². The van der Waals surface area contributed by atoms with Gasteiger partial charge in [-0.2, -0.15) is 8.78 Å². The molecule has 0 saturated heterocycles. The molecule has 2 N–H and O–H groups in total. The summed E-state index contributed by atoms with van der Waals surface area (Å²) in [4.78, 5) is 0. The van der Waals surface area contributed by atoms with Gasteiger partial charge >= 0.3 is 6.61 Å². The highest BCUT2D eigenvalue weighted by Gasteiger charge is 2.16. The van der Waals surface area contributed by atoms with Crippen molar-refractivity contribution in [2.75, 3.05) is 0 Å². The maximum Gasteiger partial charge on any atom is 0.387 e. The molecule has 0 bridgehead atoms. The second-order valence-corrected chi connectivity index (χ2v) is 3.69. The topological polar surface area (TPSA) is 49.7 Å². The normalized spacial score (nSPS) is 11.2. The SMILES string of the molecule is OC(O)Cc1c(Cl)ccc(OC(F)F)c1Cl. The van der Waals surface area contributed by atoms with Gasteiger partial charge in [-0.1, -0.05) is 23.2 Å². The zero-order chi connectivity index (χ0) is 12.3. The molecule has 0 atom stereocenters. The molecule has 0 aliphatic carbocycles. The minimum absolute atomic E-state index is 0.150. The van der Waals surface area contributed by atoms with Crippen molar-refractivity contribution in [3.8, 4) is 5.75 Å². The fourth-order valence-corrected chi connectivity index (χ4v) is 1.70. The molecule has 0 aliphatic rings. The van der Waals surface area contributed by atoms with E-state index in [-0.39, 0.29) is 27.8 Å². The number of alkyl halides is 2. The molecule has 0 unspecified atom stereocenters. The second-order valence-electron chi connectivity index (χ2n) is 2.90. The van der Waals surface area contributed by atoms with Crippen molar-refractivity contribution >= 4 is 23.2 Å². The summed E-state index contributed by atoms with van der Waals surface area (Å²) >= 11 is 11.5. The summed E-state index contributed by atoms with van der Waals surface area (Å²) in [5, 5.41) is 17.6. The lowest BCUT2D eigenvalue weighted by Gasteiger charge is -2.12. The quantitative estimate of drug-likeness (QED) is 0.828. The van der Waals surface area contributed by atoms with Crippen molar-refractivity contribution in [1.29, 1.82) is 0 Å². The fraction of sp³-hybridized carbons (Fsp3) is 0.333. The van der Waals surface area contributed by atoms with Crippen LogP contribution in [0, 0.1) is 0 Å². The third-order valence-electron chi connectivity index (χ3n) is 1.75. The van der Waals surface area contributed by atoms with E-state index in [1.165, 1.54) is 12.1 Å². The van der Waals surface area contributed by atoms with Gasteiger partial charge in [0.2, 0.25) is 0 Å². The van der Waals surface area contributed by atoms with Crippen LogP contribution >= 0.6 is 23.2 Å². The van der Waals surface area contributed by atoms with Crippen LogP contribution in [0.4, 0.5) is 8.78 Å². The van der Waals surface area contributed by atoms with E-state index in [9.17, 15) is 8.78 Å². The van der Waals surface area contributed by atoms with E-state index in [1.807, 2.05) is 0 Å². The molecule has 0 aliphatic heterocycles. The number of halogens is 4. The molecule has 1 aromatic rings. The lowest BCUT2D eigenvalue weighted by atomic mass is 10.1. The predicted molar refractivity (Wildman–Crippen MR) is 55.0 cm³/mol. The van der Waals surface area contributed by atoms with Crippen LogP contribution in [0.15, 0.2) is 12.1 Å². The number of ether oxygens (including phenoxy) is 1. The molecule has 0 spiro atoms. The van der Waals surface area contributed by atoms with Gasteiger partial charge in [-0.3, -0.25) is 0 Å². The van der Waals surface area contributed by atoms with E-state index in [4.69, 9.17) is 33.4 Å². The Labute approximate surface area is 100 Å². The van der Waals surface area contributed by atoms with Crippen molar-refractivity contribution in [2.45, 2.75) is 19.3 Å². The number of rotatable bonds is 4. The summed E-state index contributed by atoms with van der Waals surface area (Å²) in [5.74, 6) is -0.253. The van der Waals surface area contributed by atoms with Crippen LogP contribution in [-0.4, -0.2) is 23.1 Å². The second kappa shape index (κ2) is 5.63. The van der Waals surface area contributed by atoms with Crippen LogP contribution in [0.2, 0.25) is 10.0 Å². The Balaban J connectivity index is 3.06. The minimum atomic E-state index is -3.01. The van der Waals surface area contributed by atoms with Gasteiger partial charge in [-0.25, -0.2) is 0 Å². The summed E-state index contributed by atoms with van der Waals surface area (Å²) in [6.45, 7) is -3.01. The zero-order valence-electron chi connectivity index (χ0n) is 7.83. The van der Waals surface area contributed by atoms with Crippen LogP contribution < -0.4 is 4.74 Å². The van der Waals surface area contributed by atoms with Crippen LogP contribution in [0.5, 0.6) is 5.75 Å². The first kappa shape index (κ1) is 13.4. The number of hydrogen-bond donors (Lipinski definition) is 2. The summed E-state index contributed by atoms with van der Waals surface area (Å²) in [6, 6.07) is 2.48. The van der Waals surface area contributed by atoms with Gasteiger partial charge in [0.05, 0.1) is 5.02 Å². The summed E-state index contributed by atoms with van der Waals surface area (Å²) in [7, 11) is 0. The van der Waals surface area contributed by atoms with E-state index in [0.29, 0.717) is 0 Å². The molecule has 1 rings (SSSR count). The molecule has 1 aromatic carbocycles. The Morgan fingerprint density at radius 2 is 1.88 bits per heavy atom. The Bertz CT molecular complexity index is 372. The van der Waals surface area contributed by atoms with E-state index >= 15 is 0 Å². The average Bonchev–Trinajstić information content (AvgIpc) is 2.16. The summed E-state index contributed by atoms with van der Waals surface area (Å²) < 4.78 is 28.1. The first-order valence-electron chi connectivity index (χ1n) is 4.19. The van der Waals surface area contributed by atoms with Crippen LogP contribution in [0.1, 0.15) is 5.56 Å². The maximum atomic E-state index is 12.0. The van der Waals surface area contributed by atoms with Gasteiger partial charge < -0.3 is 14.9 Å². The predicted octanol–water partition coefficient (Wildman–Crippen LogP) is 2.45. The monoisotopic (exact) mass is 272 g/mol. The molecule has 0 radical (unpaired) electrons. The third-order valence-corrected chi connectivity index (χ3v) is 2.52. The fourth-order valence-electron chi connectivity index (χ4n) is 1.13. The molecule has 3 nitrogen and oxygen atoms in total. The Kier molecular flexibility index (Phi) is 4.73. The number of aliphatic hydroxyl groups excluding tert-OH is 1. The summed E-state index contributed by atoms with van der Waals surface area (Å²) in [6.07, 6.45) is -1.94. The van der Waals surface area contributed by atoms with E-state index in [2.05, 4.69) is 4.74 Å².